The average Bonchev–Trinajstić information content (AvgIpc) is 3.23. The Morgan fingerprint density at radius 1 is 1.28 bits per heavy atom. The first-order chi connectivity index (χ1) is 15.1. The zero-order valence-electron chi connectivity index (χ0n) is 18.9. The molecule has 2 aromatic rings. The third-order valence-corrected chi connectivity index (χ3v) is 5.86. The molecule has 1 unspecified atom stereocenters. The van der Waals surface area contributed by atoms with Gasteiger partial charge in [-0.3, -0.25) is 14.4 Å². The summed E-state index contributed by atoms with van der Waals surface area (Å²) >= 11 is 0. The summed E-state index contributed by atoms with van der Waals surface area (Å²) in [5, 5.41) is 2.81. The van der Waals surface area contributed by atoms with E-state index < -0.39 is 5.60 Å². The van der Waals surface area contributed by atoms with Crippen molar-refractivity contribution in [3.8, 4) is 5.75 Å². The predicted molar refractivity (Wildman–Crippen MR) is 118 cm³/mol. The Balaban J connectivity index is 1.48. The van der Waals surface area contributed by atoms with Gasteiger partial charge < -0.3 is 19.9 Å². The van der Waals surface area contributed by atoms with E-state index in [2.05, 4.69) is 15.3 Å². The van der Waals surface area contributed by atoms with Crippen LogP contribution in [0.5, 0.6) is 5.75 Å². The lowest BCUT2D eigenvalue weighted by Gasteiger charge is -2.31. The molecular formula is C23H27N5O4. The van der Waals surface area contributed by atoms with E-state index in [9.17, 15) is 14.4 Å². The van der Waals surface area contributed by atoms with Gasteiger partial charge >= 0.3 is 0 Å². The first kappa shape index (κ1) is 21.7. The van der Waals surface area contributed by atoms with Gasteiger partial charge in [0.1, 0.15) is 11.6 Å². The van der Waals surface area contributed by atoms with Crippen LogP contribution in [0, 0.1) is 6.92 Å². The van der Waals surface area contributed by atoms with Gasteiger partial charge in [-0.1, -0.05) is 0 Å². The Morgan fingerprint density at radius 2 is 2.03 bits per heavy atom. The second kappa shape index (κ2) is 7.89. The largest absolute Gasteiger partial charge is 0.476 e. The number of rotatable bonds is 3. The molecule has 0 spiro atoms. The molecule has 9 nitrogen and oxygen atoms in total. The maximum atomic E-state index is 13.1. The van der Waals surface area contributed by atoms with Crippen LogP contribution < -0.4 is 10.1 Å². The number of amides is 3. The number of likely N-dealkylation sites (tertiary alicyclic amines) is 1. The van der Waals surface area contributed by atoms with Gasteiger partial charge in [0.05, 0.1) is 16.9 Å². The topological polar surface area (TPSA) is 105 Å². The zero-order chi connectivity index (χ0) is 23.2. The molecule has 1 saturated heterocycles. The van der Waals surface area contributed by atoms with Crippen molar-refractivity contribution in [3.63, 3.8) is 0 Å². The van der Waals surface area contributed by atoms with E-state index in [-0.39, 0.29) is 23.6 Å². The van der Waals surface area contributed by atoms with Crippen LogP contribution in [0.4, 0.5) is 5.69 Å². The number of aryl methyl sites for hydroxylation is 1. The maximum Gasteiger partial charge on any atom is 0.268 e. The zero-order valence-corrected chi connectivity index (χ0v) is 18.9. The van der Waals surface area contributed by atoms with Gasteiger partial charge in [-0.2, -0.15) is 0 Å². The number of ether oxygens (including phenoxy) is 1. The van der Waals surface area contributed by atoms with E-state index >= 15 is 0 Å². The minimum absolute atomic E-state index is 0.00243. The predicted octanol–water partition coefficient (Wildman–Crippen LogP) is 2.23. The van der Waals surface area contributed by atoms with Crippen molar-refractivity contribution in [2.45, 2.75) is 38.7 Å². The number of hydrogen-bond acceptors (Lipinski definition) is 6. The highest BCUT2D eigenvalue weighted by Gasteiger charge is 2.36. The summed E-state index contributed by atoms with van der Waals surface area (Å²) in [6, 6.07) is 5.08. The van der Waals surface area contributed by atoms with Gasteiger partial charge in [-0.15, -0.1) is 0 Å². The highest BCUT2D eigenvalue weighted by atomic mass is 16.5. The lowest BCUT2D eigenvalue weighted by atomic mass is 10.0. The molecule has 1 aromatic heterocycles. The maximum absolute atomic E-state index is 13.1. The van der Waals surface area contributed by atoms with Crippen LogP contribution >= 0.6 is 0 Å². The molecule has 1 aromatic carbocycles. The Hall–Kier alpha value is -3.49. The summed E-state index contributed by atoms with van der Waals surface area (Å²) in [5.41, 5.74) is 1.14. The number of nitrogens with one attached hydrogen (secondary N) is 1. The van der Waals surface area contributed by atoms with Crippen molar-refractivity contribution < 1.29 is 19.1 Å². The number of hydrogen-bond donors (Lipinski definition) is 1. The van der Waals surface area contributed by atoms with E-state index in [1.54, 1.807) is 64.2 Å². The Bertz CT molecular complexity index is 1110. The fourth-order valence-electron chi connectivity index (χ4n) is 3.91. The minimum Gasteiger partial charge on any atom is -0.476 e. The summed E-state index contributed by atoms with van der Waals surface area (Å²) in [7, 11) is 3.38. The third kappa shape index (κ3) is 3.90. The number of anilines is 1. The number of aromatic nitrogens is 2. The molecule has 9 heteroatoms. The van der Waals surface area contributed by atoms with Gasteiger partial charge in [-0.05, 0) is 45.4 Å². The van der Waals surface area contributed by atoms with Crippen LogP contribution in [0.25, 0.3) is 0 Å². The average molecular weight is 438 g/mol. The van der Waals surface area contributed by atoms with E-state index in [1.807, 2.05) is 0 Å². The van der Waals surface area contributed by atoms with Gasteiger partial charge in [-0.25, -0.2) is 9.97 Å². The number of nitrogens with zero attached hydrogens (tertiary/aromatic N) is 4. The third-order valence-electron chi connectivity index (χ3n) is 5.86. The van der Waals surface area contributed by atoms with E-state index in [4.69, 9.17) is 4.74 Å². The molecule has 1 atom stereocenters. The van der Waals surface area contributed by atoms with Crippen LogP contribution in [0.15, 0.2) is 24.4 Å². The van der Waals surface area contributed by atoms with Crippen molar-refractivity contribution in [1.82, 2.24) is 19.8 Å². The van der Waals surface area contributed by atoms with Crippen LogP contribution in [-0.4, -0.2) is 70.3 Å². The summed E-state index contributed by atoms with van der Waals surface area (Å²) < 4.78 is 5.74. The van der Waals surface area contributed by atoms with Gasteiger partial charge in [0.15, 0.2) is 5.60 Å². The molecule has 3 amide bonds. The van der Waals surface area contributed by atoms with E-state index in [0.29, 0.717) is 47.2 Å². The highest BCUT2D eigenvalue weighted by Crippen LogP contribution is 2.35. The molecule has 2 aliphatic rings. The summed E-state index contributed by atoms with van der Waals surface area (Å²) in [6.45, 7) is 6.26. The van der Waals surface area contributed by atoms with Crippen molar-refractivity contribution in [1.29, 1.82) is 0 Å². The first-order valence-corrected chi connectivity index (χ1v) is 10.6. The van der Waals surface area contributed by atoms with Gasteiger partial charge in [0.25, 0.3) is 17.7 Å². The molecule has 0 bridgehead atoms. The van der Waals surface area contributed by atoms with Crippen molar-refractivity contribution >= 4 is 23.4 Å². The van der Waals surface area contributed by atoms with Crippen LogP contribution in [0.2, 0.25) is 0 Å². The molecule has 0 radical (unpaired) electrons. The normalized spacial score (nSPS) is 19.1. The number of carbonyl (C=O) groups is 3. The minimum atomic E-state index is -0.953. The lowest BCUT2D eigenvalue weighted by molar-refractivity contribution is -0.129. The number of carbonyl (C=O) groups excluding carboxylic acids is 3. The van der Waals surface area contributed by atoms with E-state index in [0.717, 1.165) is 6.42 Å². The lowest BCUT2D eigenvalue weighted by Crippen LogP contribution is -2.45. The van der Waals surface area contributed by atoms with Gasteiger partial charge in [0.2, 0.25) is 0 Å². The summed E-state index contributed by atoms with van der Waals surface area (Å²) in [5.74, 6) is 0.681. The first-order valence-electron chi connectivity index (χ1n) is 10.6. The quantitative estimate of drug-likeness (QED) is 0.790. The van der Waals surface area contributed by atoms with Gasteiger partial charge in [0, 0.05) is 44.9 Å². The highest BCUT2D eigenvalue weighted by molar-refractivity contribution is 6.02. The second-order valence-electron chi connectivity index (χ2n) is 8.94. The van der Waals surface area contributed by atoms with Crippen molar-refractivity contribution in [2.24, 2.45) is 0 Å². The molecule has 1 N–H and O–H groups in total. The molecule has 168 valence electrons. The fraction of sp³-hybridized carbons (Fsp3) is 0.435. The molecule has 0 saturated carbocycles. The Labute approximate surface area is 186 Å². The van der Waals surface area contributed by atoms with Crippen LogP contribution in [0.1, 0.15) is 58.4 Å². The number of benzene rings is 1. The summed E-state index contributed by atoms with van der Waals surface area (Å²) in [4.78, 5) is 49.7. The standard InChI is InChI=1S/C23H27N5O4/c1-13-16(21(30)27(4)5)11-24-19(25-13)15-8-9-28(12-15)20(29)14-6-7-18-17(10-14)26-22(31)23(2,3)32-18/h6-7,10-11,15H,8-9,12H2,1-5H3,(H,26,31). The van der Waals surface area contributed by atoms with Crippen molar-refractivity contribution in [2.75, 3.05) is 32.5 Å². The van der Waals surface area contributed by atoms with Crippen LogP contribution in [0.3, 0.4) is 0 Å². The molecule has 32 heavy (non-hydrogen) atoms. The Kier molecular flexibility index (Phi) is 5.36. The molecule has 0 aliphatic carbocycles. The smallest absolute Gasteiger partial charge is 0.268 e. The Morgan fingerprint density at radius 3 is 2.72 bits per heavy atom. The molecule has 4 rings (SSSR count). The van der Waals surface area contributed by atoms with E-state index in [1.165, 1.54) is 4.90 Å². The number of fused-ring (bicyclic) bond motifs is 1. The summed E-state index contributed by atoms with van der Waals surface area (Å²) in [6.07, 6.45) is 2.31. The SMILES string of the molecule is Cc1nc(C2CCN(C(=O)c3ccc4c(c3)NC(=O)C(C)(C)O4)C2)ncc1C(=O)N(C)C. The molecule has 2 aliphatic heterocycles. The second-order valence-corrected chi connectivity index (χ2v) is 8.94. The molecule has 1 fully saturated rings. The molecule has 3 heterocycles. The molecular weight excluding hydrogens is 410 g/mol. The monoisotopic (exact) mass is 437 g/mol. The van der Waals surface area contributed by atoms with Crippen LogP contribution in [-0.2, 0) is 4.79 Å². The van der Waals surface area contributed by atoms with Crippen molar-refractivity contribution in [3.05, 3.63) is 47.0 Å². The fourth-order valence-corrected chi connectivity index (χ4v) is 3.91.